The average molecular weight is 493 g/mol. The summed E-state index contributed by atoms with van der Waals surface area (Å²) in [4.78, 5) is 20.8. The quantitative estimate of drug-likeness (QED) is 0.419. The zero-order chi connectivity index (χ0) is 22.1. The zero-order valence-corrected chi connectivity index (χ0v) is 20.1. The summed E-state index contributed by atoms with van der Waals surface area (Å²) in [6.45, 7) is 4.42. The fourth-order valence-corrected chi connectivity index (χ4v) is 5.46. The molecule has 0 bridgehead atoms. The Morgan fingerprint density at radius 2 is 1.81 bits per heavy atom. The lowest BCUT2D eigenvalue weighted by atomic mass is 9.88. The third kappa shape index (κ3) is 4.25. The van der Waals surface area contributed by atoms with Gasteiger partial charge in [0.1, 0.15) is 5.82 Å². The van der Waals surface area contributed by atoms with Gasteiger partial charge in [0.2, 0.25) is 0 Å². The number of benzene rings is 2. The molecule has 5 rings (SSSR count). The van der Waals surface area contributed by atoms with Crippen LogP contribution in [0.2, 0.25) is 0 Å². The smallest absolute Gasteiger partial charge is 0.282 e. The Labute approximate surface area is 197 Å². The van der Waals surface area contributed by atoms with Crippen LogP contribution in [-0.4, -0.2) is 29.0 Å². The summed E-state index contributed by atoms with van der Waals surface area (Å²) in [6.07, 6.45) is 10.1. The minimum atomic E-state index is -0.0986. The zero-order valence-electron chi connectivity index (χ0n) is 18.6. The summed E-state index contributed by atoms with van der Waals surface area (Å²) in [7, 11) is 0. The van der Waals surface area contributed by atoms with Crippen molar-refractivity contribution in [3.63, 3.8) is 0 Å². The molecule has 2 heterocycles. The molecular weight excluding hydrogens is 464 g/mol. The van der Waals surface area contributed by atoms with Crippen molar-refractivity contribution in [1.82, 2.24) is 9.66 Å². The summed E-state index contributed by atoms with van der Waals surface area (Å²) in [5.74, 6) is 1.08. The molecule has 166 valence electrons. The van der Waals surface area contributed by atoms with Crippen LogP contribution in [0.4, 0.5) is 5.69 Å². The summed E-state index contributed by atoms with van der Waals surface area (Å²) in [6, 6.07) is 12.1. The van der Waals surface area contributed by atoms with E-state index in [4.69, 9.17) is 4.98 Å². The maximum atomic E-state index is 13.4. The molecule has 1 saturated carbocycles. The molecule has 2 aliphatic rings. The number of nitrogens with zero attached hydrogens (tertiary/aromatic N) is 4. The Kier molecular flexibility index (Phi) is 6.13. The van der Waals surface area contributed by atoms with Gasteiger partial charge in [-0.15, -0.1) is 0 Å². The molecule has 1 aromatic heterocycles. The van der Waals surface area contributed by atoms with Gasteiger partial charge in [0.05, 0.1) is 17.1 Å². The van der Waals surface area contributed by atoms with Crippen LogP contribution in [0.5, 0.6) is 0 Å². The van der Waals surface area contributed by atoms with Gasteiger partial charge < -0.3 is 4.90 Å². The lowest BCUT2D eigenvalue weighted by Crippen LogP contribution is -2.25. The minimum absolute atomic E-state index is 0.0986. The molecule has 0 spiro atoms. The van der Waals surface area contributed by atoms with E-state index in [1.807, 2.05) is 18.2 Å². The second-order valence-electron chi connectivity index (χ2n) is 9.07. The van der Waals surface area contributed by atoms with Crippen molar-refractivity contribution in [2.75, 3.05) is 18.0 Å². The van der Waals surface area contributed by atoms with Crippen molar-refractivity contribution in [2.45, 2.75) is 57.8 Å². The van der Waals surface area contributed by atoms with Crippen molar-refractivity contribution in [3.05, 3.63) is 68.2 Å². The van der Waals surface area contributed by atoms with E-state index in [1.165, 1.54) is 43.4 Å². The Morgan fingerprint density at radius 1 is 1.03 bits per heavy atom. The molecule has 32 heavy (non-hydrogen) atoms. The van der Waals surface area contributed by atoms with Crippen LogP contribution >= 0.6 is 15.9 Å². The molecule has 0 amide bonds. The molecule has 3 aromatic rings. The Hall–Kier alpha value is -2.47. The lowest BCUT2D eigenvalue weighted by molar-refractivity contribution is 0.416. The monoisotopic (exact) mass is 492 g/mol. The molecule has 5 nitrogen and oxygen atoms in total. The SMILES string of the molecule is Cc1cc(C=Nn2c(C3CCCCC3)nc3ccc(Br)cc3c2=O)ccc1N1CCCC1. The van der Waals surface area contributed by atoms with Crippen molar-refractivity contribution in [3.8, 4) is 0 Å². The third-order valence-corrected chi connectivity index (χ3v) is 7.29. The number of anilines is 1. The van der Waals surface area contributed by atoms with Gasteiger partial charge in [-0.05, 0) is 74.1 Å². The molecule has 1 aliphatic carbocycles. The molecule has 0 radical (unpaired) electrons. The number of rotatable bonds is 4. The number of hydrogen-bond donors (Lipinski definition) is 0. The third-order valence-electron chi connectivity index (χ3n) is 6.79. The molecule has 0 unspecified atom stereocenters. The highest BCUT2D eigenvalue weighted by atomic mass is 79.9. The second-order valence-corrected chi connectivity index (χ2v) is 9.98. The molecule has 0 N–H and O–H groups in total. The van der Waals surface area contributed by atoms with Gasteiger partial charge >= 0.3 is 0 Å². The molecule has 0 atom stereocenters. The number of halogens is 1. The van der Waals surface area contributed by atoms with E-state index >= 15 is 0 Å². The van der Waals surface area contributed by atoms with Crippen LogP contribution in [0.15, 0.2) is 50.8 Å². The van der Waals surface area contributed by atoms with Crippen LogP contribution in [0.1, 0.15) is 67.8 Å². The predicted octanol–water partition coefficient (Wildman–Crippen LogP) is 6.00. The first kappa shape index (κ1) is 21.4. The Morgan fingerprint density at radius 3 is 2.56 bits per heavy atom. The Bertz CT molecular complexity index is 1220. The summed E-state index contributed by atoms with van der Waals surface area (Å²) < 4.78 is 2.42. The minimum Gasteiger partial charge on any atom is -0.371 e. The number of aryl methyl sites for hydroxylation is 1. The summed E-state index contributed by atoms with van der Waals surface area (Å²) in [5, 5.41) is 5.28. The second kappa shape index (κ2) is 9.18. The van der Waals surface area contributed by atoms with Crippen LogP contribution in [0.3, 0.4) is 0 Å². The topological polar surface area (TPSA) is 50.5 Å². The van der Waals surface area contributed by atoms with Gasteiger partial charge in [0.15, 0.2) is 0 Å². The molecule has 6 heteroatoms. The van der Waals surface area contributed by atoms with Gasteiger partial charge in [-0.3, -0.25) is 4.79 Å². The van der Waals surface area contributed by atoms with E-state index in [0.717, 1.165) is 47.3 Å². The van der Waals surface area contributed by atoms with E-state index in [2.05, 4.69) is 51.1 Å². The fourth-order valence-electron chi connectivity index (χ4n) is 5.10. The number of aromatic nitrogens is 2. The normalized spacial score (nSPS) is 17.6. The molecule has 2 fully saturated rings. The van der Waals surface area contributed by atoms with Gasteiger partial charge in [-0.2, -0.15) is 9.78 Å². The number of hydrogen-bond acceptors (Lipinski definition) is 4. The molecular formula is C26H29BrN4O. The van der Waals surface area contributed by atoms with E-state index in [9.17, 15) is 4.79 Å². The highest BCUT2D eigenvalue weighted by Crippen LogP contribution is 2.32. The maximum Gasteiger partial charge on any atom is 0.282 e. The van der Waals surface area contributed by atoms with Crippen molar-refractivity contribution < 1.29 is 0 Å². The van der Waals surface area contributed by atoms with Crippen LogP contribution in [0, 0.1) is 6.92 Å². The first-order valence-electron chi connectivity index (χ1n) is 11.7. The molecule has 1 aliphatic heterocycles. The van der Waals surface area contributed by atoms with Gasteiger partial charge in [-0.25, -0.2) is 4.98 Å². The highest BCUT2D eigenvalue weighted by Gasteiger charge is 2.22. The van der Waals surface area contributed by atoms with Crippen LogP contribution in [-0.2, 0) is 0 Å². The molecule has 1 saturated heterocycles. The standard InChI is InChI=1S/C26H29BrN4O/c1-18-15-19(9-12-24(18)30-13-5-6-14-30)17-28-31-25(20-7-3-2-4-8-20)29-23-11-10-21(27)16-22(23)26(31)32/h9-12,15-17,20H,2-8,13-14H2,1H3. The summed E-state index contributed by atoms with van der Waals surface area (Å²) in [5.41, 5.74) is 4.20. The van der Waals surface area contributed by atoms with E-state index < -0.39 is 0 Å². The molecule has 2 aromatic carbocycles. The van der Waals surface area contributed by atoms with Gasteiger partial charge in [0, 0.05) is 29.2 Å². The highest BCUT2D eigenvalue weighted by molar-refractivity contribution is 9.10. The van der Waals surface area contributed by atoms with Gasteiger partial charge in [-0.1, -0.05) is 41.3 Å². The van der Waals surface area contributed by atoms with Crippen LogP contribution in [0.25, 0.3) is 10.9 Å². The van der Waals surface area contributed by atoms with E-state index in [0.29, 0.717) is 5.39 Å². The maximum absolute atomic E-state index is 13.4. The largest absolute Gasteiger partial charge is 0.371 e. The van der Waals surface area contributed by atoms with E-state index in [1.54, 1.807) is 10.9 Å². The van der Waals surface area contributed by atoms with Crippen LogP contribution < -0.4 is 10.5 Å². The first-order chi connectivity index (χ1) is 15.6. The average Bonchev–Trinajstić information content (AvgIpc) is 3.34. The van der Waals surface area contributed by atoms with E-state index in [-0.39, 0.29) is 11.5 Å². The fraction of sp³-hybridized carbons (Fsp3) is 0.423. The van der Waals surface area contributed by atoms with Crippen molar-refractivity contribution >= 4 is 38.7 Å². The van der Waals surface area contributed by atoms with Crippen molar-refractivity contribution in [1.29, 1.82) is 0 Å². The van der Waals surface area contributed by atoms with Crippen molar-refractivity contribution in [2.24, 2.45) is 5.10 Å². The van der Waals surface area contributed by atoms with Gasteiger partial charge in [0.25, 0.3) is 5.56 Å². The number of fused-ring (bicyclic) bond motifs is 1. The Balaban J connectivity index is 1.54. The predicted molar refractivity (Wildman–Crippen MR) is 135 cm³/mol. The lowest BCUT2D eigenvalue weighted by Gasteiger charge is -2.23. The first-order valence-corrected chi connectivity index (χ1v) is 12.5. The summed E-state index contributed by atoms with van der Waals surface area (Å²) >= 11 is 3.49.